The average molecular weight is 341 g/mol. The number of benzene rings is 1. The molecule has 0 fully saturated rings. The number of aliphatic carboxylic acids is 1. The van der Waals surface area contributed by atoms with Crippen LogP contribution in [0.15, 0.2) is 36.7 Å². The number of anilines is 1. The Labute approximate surface area is 144 Å². The number of carboxylic acids is 1. The number of carboxylic acid groups (broad SMARTS) is 1. The minimum atomic E-state index is -0.884. The lowest BCUT2D eigenvalue weighted by Crippen LogP contribution is -2.34. The summed E-state index contributed by atoms with van der Waals surface area (Å²) in [7, 11) is 0. The summed E-state index contributed by atoms with van der Waals surface area (Å²) < 4.78 is 0. The van der Waals surface area contributed by atoms with Crippen LogP contribution < -0.4 is 5.32 Å². The standard InChI is InChI=1S/C18H19N3O2S/c1-10(2)15(18(22)23)21-16-14-13(12-7-5-4-6-8-12)11(3)24-17(14)20-9-19-16/h4-10,15H,1-3H3,(H,22,23)(H,19,20,21). The first-order valence-corrected chi connectivity index (χ1v) is 8.59. The van der Waals surface area contributed by atoms with Crippen molar-refractivity contribution in [2.45, 2.75) is 26.8 Å². The molecule has 3 rings (SSSR count). The third kappa shape index (κ3) is 2.97. The van der Waals surface area contributed by atoms with E-state index in [0.717, 1.165) is 26.2 Å². The van der Waals surface area contributed by atoms with Crippen molar-refractivity contribution < 1.29 is 9.90 Å². The highest BCUT2D eigenvalue weighted by atomic mass is 32.1. The molecule has 3 aromatic rings. The lowest BCUT2D eigenvalue weighted by molar-refractivity contribution is -0.138. The number of thiophene rings is 1. The van der Waals surface area contributed by atoms with Crippen LogP contribution in [0.5, 0.6) is 0 Å². The number of aromatic nitrogens is 2. The van der Waals surface area contributed by atoms with Crippen LogP contribution in [-0.2, 0) is 4.79 Å². The molecule has 0 bridgehead atoms. The first-order chi connectivity index (χ1) is 11.5. The van der Waals surface area contributed by atoms with Crippen LogP contribution in [-0.4, -0.2) is 27.1 Å². The number of carbonyl (C=O) groups is 1. The summed E-state index contributed by atoms with van der Waals surface area (Å²) >= 11 is 1.59. The second-order valence-corrected chi connectivity index (χ2v) is 7.21. The Bertz CT molecular complexity index is 875. The van der Waals surface area contributed by atoms with Gasteiger partial charge >= 0.3 is 5.97 Å². The lowest BCUT2D eigenvalue weighted by Gasteiger charge is -2.19. The number of hydrogen-bond donors (Lipinski definition) is 2. The van der Waals surface area contributed by atoms with Crippen LogP contribution >= 0.6 is 11.3 Å². The molecular weight excluding hydrogens is 322 g/mol. The van der Waals surface area contributed by atoms with Gasteiger partial charge in [0.05, 0.1) is 5.39 Å². The maximum atomic E-state index is 11.5. The van der Waals surface area contributed by atoms with Gasteiger partial charge in [-0.05, 0) is 18.4 Å². The predicted octanol–water partition coefficient (Wildman–Crippen LogP) is 4.19. The Morgan fingerprint density at radius 1 is 1.21 bits per heavy atom. The number of rotatable bonds is 5. The van der Waals surface area contributed by atoms with Gasteiger partial charge in [-0.2, -0.15) is 0 Å². The van der Waals surface area contributed by atoms with Gasteiger partial charge in [-0.15, -0.1) is 11.3 Å². The molecule has 2 heterocycles. The first kappa shape index (κ1) is 16.4. The van der Waals surface area contributed by atoms with Crippen LogP contribution in [0.25, 0.3) is 21.3 Å². The first-order valence-electron chi connectivity index (χ1n) is 7.78. The highest BCUT2D eigenvalue weighted by Crippen LogP contribution is 2.40. The molecule has 5 nitrogen and oxygen atoms in total. The molecule has 0 amide bonds. The fraction of sp³-hybridized carbons (Fsp3) is 0.278. The Kier molecular flexibility index (Phi) is 4.49. The van der Waals surface area contributed by atoms with Crippen molar-refractivity contribution in [1.82, 2.24) is 9.97 Å². The van der Waals surface area contributed by atoms with E-state index in [-0.39, 0.29) is 5.92 Å². The summed E-state index contributed by atoms with van der Waals surface area (Å²) in [6.07, 6.45) is 1.48. The summed E-state index contributed by atoms with van der Waals surface area (Å²) in [5.74, 6) is -0.373. The molecule has 1 unspecified atom stereocenters. The number of nitrogens with one attached hydrogen (secondary N) is 1. The minimum absolute atomic E-state index is 0.0626. The van der Waals surface area contributed by atoms with Crippen molar-refractivity contribution >= 4 is 33.3 Å². The van der Waals surface area contributed by atoms with Gasteiger partial charge in [0, 0.05) is 10.4 Å². The zero-order chi connectivity index (χ0) is 17.3. The number of fused-ring (bicyclic) bond motifs is 1. The number of nitrogens with zero attached hydrogens (tertiary/aromatic N) is 2. The Morgan fingerprint density at radius 3 is 2.54 bits per heavy atom. The van der Waals surface area contributed by atoms with Crippen LogP contribution in [0.3, 0.4) is 0 Å². The molecule has 0 aliphatic carbocycles. The van der Waals surface area contributed by atoms with E-state index in [1.165, 1.54) is 6.33 Å². The molecule has 24 heavy (non-hydrogen) atoms. The molecule has 0 spiro atoms. The zero-order valence-corrected chi connectivity index (χ0v) is 14.6. The van der Waals surface area contributed by atoms with Gasteiger partial charge in [0.1, 0.15) is 23.0 Å². The summed E-state index contributed by atoms with van der Waals surface area (Å²) in [6.45, 7) is 5.80. The average Bonchev–Trinajstić information content (AvgIpc) is 2.89. The maximum Gasteiger partial charge on any atom is 0.326 e. The van der Waals surface area contributed by atoms with Crippen LogP contribution in [0.4, 0.5) is 5.82 Å². The van der Waals surface area contributed by atoms with Gasteiger partial charge in [0.25, 0.3) is 0 Å². The Hall–Kier alpha value is -2.47. The third-order valence-corrected chi connectivity index (χ3v) is 4.96. The molecule has 6 heteroatoms. The summed E-state index contributed by atoms with van der Waals surface area (Å²) in [5, 5.41) is 13.5. The van der Waals surface area contributed by atoms with Crippen molar-refractivity contribution in [2.24, 2.45) is 5.92 Å². The fourth-order valence-electron chi connectivity index (χ4n) is 2.77. The third-order valence-electron chi connectivity index (χ3n) is 3.95. The second kappa shape index (κ2) is 6.57. The van der Waals surface area contributed by atoms with E-state index in [4.69, 9.17) is 0 Å². The molecule has 124 valence electrons. The predicted molar refractivity (Wildman–Crippen MR) is 97.5 cm³/mol. The van der Waals surface area contributed by atoms with Gasteiger partial charge in [-0.3, -0.25) is 0 Å². The van der Waals surface area contributed by atoms with Gasteiger partial charge in [0.15, 0.2) is 0 Å². The molecule has 0 radical (unpaired) electrons. The Balaban J connectivity index is 2.18. The molecule has 1 atom stereocenters. The topological polar surface area (TPSA) is 75.1 Å². The molecule has 2 N–H and O–H groups in total. The normalized spacial score (nSPS) is 12.5. The van der Waals surface area contributed by atoms with Gasteiger partial charge in [0.2, 0.25) is 0 Å². The fourth-order valence-corrected chi connectivity index (χ4v) is 3.78. The van der Waals surface area contributed by atoms with Crippen molar-refractivity contribution in [2.75, 3.05) is 5.32 Å². The maximum absolute atomic E-state index is 11.5. The monoisotopic (exact) mass is 341 g/mol. The highest BCUT2D eigenvalue weighted by molar-refractivity contribution is 7.19. The van der Waals surface area contributed by atoms with Gasteiger partial charge < -0.3 is 10.4 Å². The van der Waals surface area contributed by atoms with Crippen molar-refractivity contribution in [3.8, 4) is 11.1 Å². The van der Waals surface area contributed by atoms with E-state index in [0.29, 0.717) is 5.82 Å². The van der Waals surface area contributed by atoms with E-state index < -0.39 is 12.0 Å². The summed E-state index contributed by atoms with van der Waals surface area (Å²) in [6, 6.07) is 9.34. The van der Waals surface area contributed by atoms with E-state index in [1.807, 2.05) is 44.2 Å². The largest absolute Gasteiger partial charge is 0.480 e. The summed E-state index contributed by atoms with van der Waals surface area (Å²) in [5.41, 5.74) is 2.14. The molecule has 2 aromatic heterocycles. The zero-order valence-electron chi connectivity index (χ0n) is 13.8. The van der Waals surface area contributed by atoms with Gasteiger partial charge in [-0.25, -0.2) is 14.8 Å². The number of hydrogen-bond acceptors (Lipinski definition) is 5. The van der Waals surface area contributed by atoms with E-state index in [2.05, 4.69) is 22.2 Å². The molecule has 0 saturated carbocycles. The summed E-state index contributed by atoms with van der Waals surface area (Å²) in [4.78, 5) is 22.2. The molecule has 0 aliphatic rings. The van der Waals surface area contributed by atoms with E-state index in [9.17, 15) is 9.90 Å². The minimum Gasteiger partial charge on any atom is -0.480 e. The molecule has 0 saturated heterocycles. The van der Waals surface area contributed by atoms with Crippen molar-refractivity contribution in [3.05, 3.63) is 41.5 Å². The van der Waals surface area contributed by atoms with Crippen LogP contribution in [0, 0.1) is 12.8 Å². The SMILES string of the molecule is Cc1sc2ncnc(NC(C(=O)O)C(C)C)c2c1-c1ccccc1. The molecular formula is C18H19N3O2S. The lowest BCUT2D eigenvalue weighted by atomic mass is 10.0. The van der Waals surface area contributed by atoms with E-state index in [1.54, 1.807) is 11.3 Å². The van der Waals surface area contributed by atoms with Crippen LogP contribution in [0.1, 0.15) is 18.7 Å². The van der Waals surface area contributed by atoms with Crippen LogP contribution in [0.2, 0.25) is 0 Å². The quantitative estimate of drug-likeness (QED) is 0.728. The Morgan fingerprint density at radius 2 is 1.92 bits per heavy atom. The van der Waals surface area contributed by atoms with Crippen molar-refractivity contribution in [3.63, 3.8) is 0 Å². The number of aryl methyl sites for hydroxylation is 1. The highest BCUT2D eigenvalue weighted by Gasteiger charge is 2.24. The van der Waals surface area contributed by atoms with Crippen molar-refractivity contribution in [1.29, 1.82) is 0 Å². The second-order valence-electron chi connectivity index (χ2n) is 6.01. The van der Waals surface area contributed by atoms with Gasteiger partial charge in [-0.1, -0.05) is 44.2 Å². The van der Waals surface area contributed by atoms with E-state index >= 15 is 0 Å². The smallest absolute Gasteiger partial charge is 0.326 e. The molecule has 1 aromatic carbocycles. The molecule has 0 aliphatic heterocycles.